The van der Waals surface area contributed by atoms with Crippen LogP contribution in [0.25, 0.3) is 0 Å². The number of carbonyl (C=O) groups is 1. The summed E-state index contributed by atoms with van der Waals surface area (Å²) < 4.78 is 4.73. The third-order valence-corrected chi connectivity index (χ3v) is 4.09. The topological polar surface area (TPSA) is 55.6 Å². The van der Waals surface area contributed by atoms with Crippen LogP contribution in [0.2, 0.25) is 0 Å². The number of thiophene rings is 1. The zero-order valence-electron chi connectivity index (χ0n) is 11.6. The van der Waals surface area contributed by atoms with E-state index in [1.54, 1.807) is 23.5 Å². The van der Waals surface area contributed by atoms with E-state index < -0.39 is 5.97 Å². The summed E-state index contributed by atoms with van der Waals surface area (Å²) in [6.07, 6.45) is 0.978. The highest BCUT2D eigenvalue weighted by Gasteiger charge is 2.12. The first-order valence-electron chi connectivity index (χ1n) is 6.33. The number of hydrogen-bond acceptors (Lipinski definition) is 5. The van der Waals surface area contributed by atoms with E-state index in [2.05, 4.69) is 22.4 Å². The highest BCUT2D eigenvalue weighted by Crippen LogP contribution is 2.22. The molecule has 2 aromatic rings. The van der Waals surface area contributed by atoms with E-state index in [0.717, 1.165) is 18.7 Å². The quantitative estimate of drug-likeness (QED) is 0.679. The molecule has 0 aliphatic carbocycles. The van der Waals surface area contributed by atoms with Crippen LogP contribution in [0.4, 0.5) is 11.4 Å². The monoisotopic (exact) mass is 290 g/mol. The van der Waals surface area contributed by atoms with Crippen LogP contribution in [0.3, 0.4) is 0 Å². The van der Waals surface area contributed by atoms with Gasteiger partial charge in [0.25, 0.3) is 0 Å². The van der Waals surface area contributed by atoms with Crippen molar-refractivity contribution in [2.24, 2.45) is 0 Å². The average molecular weight is 290 g/mol. The lowest BCUT2D eigenvalue weighted by molar-refractivity contribution is 0.0602. The Bertz CT molecular complexity index is 582. The van der Waals surface area contributed by atoms with Crippen molar-refractivity contribution < 1.29 is 9.53 Å². The Morgan fingerprint density at radius 3 is 2.85 bits per heavy atom. The van der Waals surface area contributed by atoms with E-state index in [-0.39, 0.29) is 0 Å². The molecule has 106 valence electrons. The molecule has 0 unspecified atom stereocenters. The number of nitrogens with two attached hydrogens (primary N) is 1. The number of carbonyl (C=O) groups excluding carboxylic acids is 1. The van der Waals surface area contributed by atoms with Gasteiger partial charge in [0, 0.05) is 29.8 Å². The van der Waals surface area contributed by atoms with Gasteiger partial charge < -0.3 is 15.4 Å². The van der Waals surface area contributed by atoms with Crippen molar-refractivity contribution in [1.29, 1.82) is 0 Å². The van der Waals surface area contributed by atoms with Crippen LogP contribution in [-0.4, -0.2) is 26.7 Å². The Kier molecular flexibility index (Phi) is 4.63. The van der Waals surface area contributed by atoms with Gasteiger partial charge in [0.05, 0.1) is 12.7 Å². The summed E-state index contributed by atoms with van der Waals surface area (Å²) in [5.74, 6) is -0.406. The molecular weight excluding hydrogens is 272 g/mol. The number of anilines is 2. The summed E-state index contributed by atoms with van der Waals surface area (Å²) in [7, 11) is 3.36. The molecule has 2 rings (SSSR count). The second kappa shape index (κ2) is 6.43. The lowest BCUT2D eigenvalue weighted by atomic mass is 10.1. The van der Waals surface area contributed by atoms with Crippen molar-refractivity contribution >= 4 is 28.7 Å². The highest BCUT2D eigenvalue weighted by molar-refractivity contribution is 7.09. The van der Waals surface area contributed by atoms with Crippen molar-refractivity contribution in [3.05, 3.63) is 46.2 Å². The Labute approximate surface area is 122 Å². The molecule has 0 saturated heterocycles. The molecule has 1 heterocycles. The second-order valence-electron chi connectivity index (χ2n) is 4.51. The van der Waals surface area contributed by atoms with Crippen LogP contribution in [0.5, 0.6) is 0 Å². The molecular formula is C15H18N2O2S. The molecule has 4 nitrogen and oxygen atoms in total. The number of nitrogen functional groups attached to an aromatic ring is 1. The van der Waals surface area contributed by atoms with Crippen molar-refractivity contribution in [3.8, 4) is 0 Å². The number of methoxy groups -OCH3 is 1. The molecule has 5 heteroatoms. The van der Waals surface area contributed by atoms with Gasteiger partial charge in [-0.2, -0.15) is 0 Å². The molecule has 0 amide bonds. The van der Waals surface area contributed by atoms with E-state index in [0.29, 0.717) is 11.3 Å². The molecule has 0 aliphatic heterocycles. The van der Waals surface area contributed by atoms with Gasteiger partial charge in [-0.05, 0) is 36.1 Å². The number of hydrogen-bond donors (Lipinski definition) is 1. The molecule has 0 aliphatic rings. The maximum absolute atomic E-state index is 11.6. The lowest BCUT2D eigenvalue weighted by Crippen LogP contribution is -2.20. The molecule has 0 spiro atoms. The highest BCUT2D eigenvalue weighted by atomic mass is 32.1. The Morgan fingerprint density at radius 2 is 2.20 bits per heavy atom. The number of benzene rings is 1. The van der Waals surface area contributed by atoms with Gasteiger partial charge in [0.1, 0.15) is 0 Å². The van der Waals surface area contributed by atoms with E-state index >= 15 is 0 Å². The Balaban J connectivity index is 2.09. The first-order valence-corrected chi connectivity index (χ1v) is 7.21. The Hall–Kier alpha value is -2.01. The SMILES string of the molecule is COC(=O)c1cc(N(C)CCc2cccs2)ccc1N. The summed E-state index contributed by atoms with van der Waals surface area (Å²) in [5, 5.41) is 2.08. The zero-order chi connectivity index (χ0) is 14.5. The predicted molar refractivity (Wildman–Crippen MR) is 83.5 cm³/mol. The van der Waals surface area contributed by atoms with E-state index in [1.807, 2.05) is 13.1 Å². The summed E-state index contributed by atoms with van der Waals surface area (Å²) in [5.41, 5.74) is 7.60. The van der Waals surface area contributed by atoms with Gasteiger partial charge in [0.15, 0.2) is 0 Å². The number of likely N-dealkylation sites (N-methyl/N-ethyl adjacent to an activating group) is 1. The minimum Gasteiger partial charge on any atom is -0.465 e. The van der Waals surface area contributed by atoms with Crippen LogP contribution in [0.1, 0.15) is 15.2 Å². The molecule has 0 radical (unpaired) electrons. The van der Waals surface area contributed by atoms with Crippen molar-refractivity contribution in [3.63, 3.8) is 0 Å². The number of ether oxygens (including phenoxy) is 1. The maximum atomic E-state index is 11.6. The summed E-state index contributed by atoms with van der Waals surface area (Å²) in [6, 6.07) is 9.61. The lowest BCUT2D eigenvalue weighted by Gasteiger charge is -2.20. The number of nitrogens with zero attached hydrogens (tertiary/aromatic N) is 1. The molecule has 1 aromatic carbocycles. The zero-order valence-corrected chi connectivity index (χ0v) is 12.4. The second-order valence-corrected chi connectivity index (χ2v) is 5.55. The van der Waals surface area contributed by atoms with Gasteiger partial charge in [-0.15, -0.1) is 11.3 Å². The van der Waals surface area contributed by atoms with E-state index in [1.165, 1.54) is 12.0 Å². The third kappa shape index (κ3) is 3.30. The summed E-state index contributed by atoms with van der Waals surface area (Å²) >= 11 is 1.75. The van der Waals surface area contributed by atoms with Gasteiger partial charge in [-0.25, -0.2) is 4.79 Å². The van der Waals surface area contributed by atoms with Gasteiger partial charge >= 0.3 is 5.97 Å². The summed E-state index contributed by atoms with van der Waals surface area (Å²) in [6.45, 7) is 0.880. The number of rotatable bonds is 5. The van der Waals surface area contributed by atoms with Gasteiger partial charge in [0.2, 0.25) is 0 Å². The fourth-order valence-electron chi connectivity index (χ4n) is 1.93. The van der Waals surface area contributed by atoms with Crippen LogP contribution < -0.4 is 10.6 Å². The van der Waals surface area contributed by atoms with E-state index in [4.69, 9.17) is 10.5 Å². The molecule has 0 fully saturated rings. The average Bonchev–Trinajstić information content (AvgIpc) is 2.97. The molecule has 0 atom stereocenters. The first-order chi connectivity index (χ1) is 9.61. The largest absolute Gasteiger partial charge is 0.465 e. The van der Waals surface area contributed by atoms with Crippen LogP contribution in [0.15, 0.2) is 35.7 Å². The minimum atomic E-state index is -0.406. The molecule has 0 saturated carbocycles. The van der Waals surface area contributed by atoms with Gasteiger partial charge in [-0.1, -0.05) is 6.07 Å². The Morgan fingerprint density at radius 1 is 1.40 bits per heavy atom. The summed E-state index contributed by atoms with van der Waals surface area (Å²) in [4.78, 5) is 15.1. The van der Waals surface area contributed by atoms with Crippen molar-refractivity contribution in [1.82, 2.24) is 0 Å². The molecule has 20 heavy (non-hydrogen) atoms. The molecule has 1 aromatic heterocycles. The fraction of sp³-hybridized carbons (Fsp3) is 0.267. The van der Waals surface area contributed by atoms with E-state index in [9.17, 15) is 4.79 Å². The standard InChI is InChI=1S/C15H18N2O2S/c1-17(8-7-12-4-3-9-20-12)11-5-6-14(16)13(10-11)15(18)19-2/h3-6,9-10H,7-8,16H2,1-2H3. The van der Waals surface area contributed by atoms with Crippen LogP contribution in [-0.2, 0) is 11.2 Å². The smallest absolute Gasteiger partial charge is 0.340 e. The van der Waals surface area contributed by atoms with Crippen LogP contribution in [0, 0.1) is 0 Å². The first kappa shape index (κ1) is 14.4. The minimum absolute atomic E-state index is 0.406. The predicted octanol–water partition coefficient (Wildman–Crippen LogP) is 2.80. The van der Waals surface area contributed by atoms with Gasteiger partial charge in [-0.3, -0.25) is 0 Å². The maximum Gasteiger partial charge on any atom is 0.340 e. The van der Waals surface area contributed by atoms with Crippen LogP contribution >= 0.6 is 11.3 Å². The third-order valence-electron chi connectivity index (χ3n) is 3.16. The fourth-order valence-corrected chi connectivity index (χ4v) is 2.63. The molecule has 0 bridgehead atoms. The van der Waals surface area contributed by atoms with Crippen molar-refractivity contribution in [2.75, 3.05) is 31.3 Å². The molecule has 2 N–H and O–H groups in total. The normalized spacial score (nSPS) is 10.3. The number of esters is 1. The van der Waals surface area contributed by atoms with Crippen molar-refractivity contribution in [2.45, 2.75) is 6.42 Å².